The molecule has 0 N–H and O–H groups in total. The molecule has 0 radical (unpaired) electrons. The van der Waals surface area contributed by atoms with Crippen LogP contribution >= 0.6 is 0 Å². The molecule has 0 aliphatic carbocycles. The van der Waals surface area contributed by atoms with E-state index in [9.17, 15) is 20.2 Å². The van der Waals surface area contributed by atoms with E-state index in [1.54, 1.807) is 31.4 Å². The molecule has 0 bridgehead atoms. The van der Waals surface area contributed by atoms with E-state index >= 15 is 0 Å². The molecule has 0 unspecified atom stereocenters. The van der Waals surface area contributed by atoms with Crippen LogP contribution in [0.4, 0.5) is 11.4 Å². The van der Waals surface area contributed by atoms with Crippen LogP contribution in [0.2, 0.25) is 0 Å². The first-order chi connectivity index (χ1) is 14.5. The number of rotatable bonds is 7. The third-order valence-electron chi connectivity index (χ3n) is 4.39. The largest absolute Gasteiger partial charge is 0.496 e. The second kappa shape index (κ2) is 9.29. The molecule has 3 aromatic rings. The summed E-state index contributed by atoms with van der Waals surface area (Å²) in [5.74, 6) is 0.680. The Hall–Kier alpha value is -4.26. The van der Waals surface area contributed by atoms with Crippen LogP contribution in [-0.2, 0) is 0 Å². The number of nitro benzene ring substituents is 2. The zero-order chi connectivity index (χ0) is 21.5. The minimum Gasteiger partial charge on any atom is -0.496 e. The maximum absolute atomic E-state index is 10.7. The predicted molar refractivity (Wildman–Crippen MR) is 117 cm³/mol. The molecule has 7 heteroatoms. The lowest BCUT2D eigenvalue weighted by Gasteiger charge is -2.06. The van der Waals surface area contributed by atoms with E-state index in [-0.39, 0.29) is 11.4 Å². The van der Waals surface area contributed by atoms with Gasteiger partial charge >= 0.3 is 0 Å². The van der Waals surface area contributed by atoms with Gasteiger partial charge in [0.05, 0.1) is 17.0 Å². The number of nitrogens with zero attached hydrogens (tertiary/aromatic N) is 2. The molecule has 0 spiro atoms. The van der Waals surface area contributed by atoms with Gasteiger partial charge in [0.25, 0.3) is 11.4 Å². The summed E-state index contributed by atoms with van der Waals surface area (Å²) in [7, 11) is 1.59. The van der Waals surface area contributed by atoms with Gasteiger partial charge in [-0.2, -0.15) is 0 Å². The highest BCUT2D eigenvalue weighted by Gasteiger charge is 2.04. The fourth-order valence-corrected chi connectivity index (χ4v) is 2.76. The molecule has 0 amide bonds. The fraction of sp³-hybridized carbons (Fsp3) is 0.0435. The quantitative estimate of drug-likeness (QED) is 0.280. The molecule has 0 saturated heterocycles. The third kappa shape index (κ3) is 5.17. The Bertz CT molecular complexity index is 1120. The minimum atomic E-state index is -0.431. The van der Waals surface area contributed by atoms with Crippen molar-refractivity contribution in [3.8, 4) is 5.75 Å². The summed E-state index contributed by atoms with van der Waals surface area (Å²) in [6.45, 7) is 0. The molecule has 7 nitrogen and oxygen atoms in total. The number of benzene rings is 3. The first-order valence-electron chi connectivity index (χ1n) is 8.99. The molecule has 0 fully saturated rings. The molecule has 150 valence electrons. The molecule has 0 atom stereocenters. The average Bonchev–Trinajstić information content (AvgIpc) is 2.77. The van der Waals surface area contributed by atoms with Crippen molar-refractivity contribution in [1.29, 1.82) is 0 Å². The highest BCUT2D eigenvalue weighted by molar-refractivity contribution is 5.76. The first kappa shape index (κ1) is 20.5. The highest BCUT2D eigenvalue weighted by atomic mass is 16.6. The Morgan fingerprint density at radius 3 is 1.57 bits per heavy atom. The van der Waals surface area contributed by atoms with Crippen LogP contribution < -0.4 is 4.74 Å². The zero-order valence-electron chi connectivity index (χ0n) is 16.1. The number of hydrogen-bond donors (Lipinski definition) is 0. The van der Waals surface area contributed by atoms with Gasteiger partial charge in [-0.3, -0.25) is 20.2 Å². The Morgan fingerprint density at radius 2 is 1.10 bits per heavy atom. The lowest BCUT2D eigenvalue weighted by molar-refractivity contribution is -0.385. The van der Waals surface area contributed by atoms with E-state index in [1.807, 2.05) is 42.5 Å². The summed E-state index contributed by atoms with van der Waals surface area (Å²) in [5.41, 5.74) is 3.57. The standard InChI is InChI=1S/C23H18N2O5/c1-30-23-16-19(3-2-17-6-12-21(13-7-17)24(26)27)5-11-20(23)10-4-18-8-14-22(15-9-18)25(28)29/h2-16H,1H3. The van der Waals surface area contributed by atoms with E-state index in [1.165, 1.54) is 24.3 Å². The summed E-state index contributed by atoms with van der Waals surface area (Å²) in [5, 5.41) is 21.5. The summed E-state index contributed by atoms with van der Waals surface area (Å²) < 4.78 is 5.47. The van der Waals surface area contributed by atoms with Crippen molar-refractivity contribution >= 4 is 35.7 Å². The minimum absolute atomic E-state index is 0.0499. The Morgan fingerprint density at radius 1 is 0.667 bits per heavy atom. The average molecular weight is 402 g/mol. The molecule has 0 aromatic heterocycles. The van der Waals surface area contributed by atoms with E-state index in [0.717, 1.165) is 22.3 Å². The maximum atomic E-state index is 10.7. The van der Waals surface area contributed by atoms with Crippen LogP contribution in [-0.4, -0.2) is 17.0 Å². The van der Waals surface area contributed by atoms with Crippen molar-refractivity contribution < 1.29 is 14.6 Å². The molecular weight excluding hydrogens is 384 g/mol. The normalized spacial score (nSPS) is 11.1. The smallest absolute Gasteiger partial charge is 0.269 e. The van der Waals surface area contributed by atoms with Gasteiger partial charge in [0.2, 0.25) is 0 Å². The van der Waals surface area contributed by atoms with E-state index < -0.39 is 9.85 Å². The van der Waals surface area contributed by atoms with Crippen LogP contribution in [0.25, 0.3) is 24.3 Å². The summed E-state index contributed by atoms with van der Waals surface area (Å²) in [6, 6.07) is 18.3. The van der Waals surface area contributed by atoms with Crippen molar-refractivity contribution in [2.45, 2.75) is 0 Å². The molecular formula is C23H18N2O5. The summed E-state index contributed by atoms with van der Waals surface area (Å²) in [6.07, 6.45) is 7.50. The van der Waals surface area contributed by atoms with Crippen LogP contribution in [0.3, 0.4) is 0 Å². The molecule has 3 rings (SSSR count). The van der Waals surface area contributed by atoms with Crippen molar-refractivity contribution in [2.24, 2.45) is 0 Å². The topological polar surface area (TPSA) is 95.5 Å². The maximum Gasteiger partial charge on any atom is 0.269 e. The number of non-ortho nitro benzene ring substituents is 2. The summed E-state index contributed by atoms with van der Waals surface area (Å²) >= 11 is 0. The molecule has 0 aliphatic rings. The number of ether oxygens (including phenoxy) is 1. The first-order valence-corrected chi connectivity index (χ1v) is 8.99. The van der Waals surface area contributed by atoms with E-state index in [4.69, 9.17) is 4.74 Å². The Balaban J connectivity index is 1.75. The Labute approximate surface area is 172 Å². The predicted octanol–water partition coefficient (Wildman–Crippen LogP) is 5.85. The van der Waals surface area contributed by atoms with Crippen molar-refractivity contribution in [3.05, 3.63) is 109 Å². The molecule has 0 saturated carbocycles. The van der Waals surface area contributed by atoms with Gasteiger partial charge in [-0.15, -0.1) is 0 Å². The monoisotopic (exact) mass is 402 g/mol. The van der Waals surface area contributed by atoms with Gasteiger partial charge in [0.15, 0.2) is 0 Å². The Kier molecular flexibility index (Phi) is 6.34. The highest BCUT2D eigenvalue weighted by Crippen LogP contribution is 2.24. The van der Waals surface area contributed by atoms with Gasteiger partial charge in [0.1, 0.15) is 5.75 Å². The van der Waals surface area contributed by atoms with Gasteiger partial charge in [0, 0.05) is 29.8 Å². The molecule has 0 aliphatic heterocycles. The van der Waals surface area contributed by atoms with Crippen LogP contribution in [0.5, 0.6) is 5.75 Å². The SMILES string of the molecule is COc1cc(C=Cc2ccc([N+](=O)[O-])cc2)ccc1C=Cc1ccc([N+](=O)[O-])cc1. The van der Waals surface area contributed by atoms with Gasteiger partial charge in [-0.1, -0.05) is 36.4 Å². The third-order valence-corrected chi connectivity index (χ3v) is 4.39. The second-order valence-electron chi connectivity index (χ2n) is 6.37. The van der Waals surface area contributed by atoms with E-state index in [0.29, 0.717) is 5.75 Å². The van der Waals surface area contributed by atoms with Gasteiger partial charge in [-0.25, -0.2) is 0 Å². The number of methoxy groups -OCH3 is 1. The van der Waals surface area contributed by atoms with Gasteiger partial charge < -0.3 is 4.74 Å². The number of hydrogen-bond acceptors (Lipinski definition) is 5. The zero-order valence-corrected chi connectivity index (χ0v) is 16.1. The molecule has 0 heterocycles. The molecule has 30 heavy (non-hydrogen) atoms. The summed E-state index contributed by atoms with van der Waals surface area (Å²) in [4.78, 5) is 20.6. The van der Waals surface area contributed by atoms with Crippen LogP contribution in [0.15, 0.2) is 66.7 Å². The molecule has 3 aromatic carbocycles. The van der Waals surface area contributed by atoms with Crippen molar-refractivity contribution in [2.75, 3.05) is 7.11 Å². The number of nitro groups is 2. The lowest BCUT2D eigenvalue weighted by Crippen LogP contribution is -1.88. The van der Waals surface area contributed by atoms with Gasteiger partial charge in [-0.05, 0) is 47.0 Å². The van der Waals surface area contributed by atoms with Crippen LogP contribution in [0, 0.1) is 20.2 Å². The van der Waals surface area contributed by atoms with Crippen molar-refractivity contribution in [3.63, 3.8) is 0 Å². The van der Waals surface area contributed by atoms with E-state index in [2.05, 4.69) is 0 Å². The van der Waals surface area contributed by atoms with Crippen molar-refractivity contribution in [1.82, 2.24) is 0 Å². The van der Waals surface area contributed by atoms with Crippen LogP contribution in [0.1, 0.15) is 22.3 Å². The fourth-order valence-electron chi connectivity index (χ4n) is 2.76. The lowest BCUT2D eigenvalue weighted by atomic mass is 10.1. The second-order valence-corrected chi connectivity index (χ2v) is 6.37.